The number of aryl methyl sites for hydroxylation is 2. The lowest BCUT2D eigenvalue weighted by Gasteiger charge is -2.26. The Balaban J connectivity index is 1.57. The van der Waals surface area contributed by atoms with Gasteiger partial charge in [0.25, 0.3) is 0 Å². The lowest BCUT2D eigenvalue weighted by Crippen LogP contribution is -2.24. The molecule has 0 unspecified atom stereocenters. The number of hydrogen-bond acceptors (Lipinski definition) is 3. The average Bonchev–Trinajstić information content (AvgIpc) is 2.90. The molecule has 1 heterocycles. The SMILES string of the molecule is Cc1nccn1C[C@H](O)CO[C@@H]1CCCc2ccccc21. The molecule has 0 fully saturated rings. The second kappa shape index (κ2) is 6.41. The Morgan fingerprint density at radius 1 is 1.43 bits per heavy atom. The van der Waals surface area contributed by atoms with Gasteiger partial charge >= 0.3 is 0 Å². The number of aliphatic hydroxyl groups excluding tert-OH is 1. The molecule has 1 aliphatic carbocycles. The summed E-state index contributed by atoms with van der Waals surface area (Å²) in [5, 5.41) is 10.2. The van der Waals surface area contributed by atoms with Gasteiger partial charge in [-0.05, 0) is 37.3 Å². The highest BCUT2D eigenvalue weighted by Crippen LogP contribution is 2.32. The maximum atomic E-state index is 10.2. The van der Waals surface area contributed by atoms with Crippen molar-refractivity contribution in [1.29, 1.82) is 0 Å². The quantitative estimate of drug-likeness (QED) is 0.919. The first-order valence-corrected chi connectivity index (χ1v) is 7.59. The molecule has 1 aromatic heterocycles. The third-order valence-corrected chi connectivity index (χ3v) is 4.14. The highest BCUT2D eigenvalue weighted by Gasteiger charge is 2.21. The smallest absolute Gasteiger partial charge is 0.105 e. The van der Waals surface area contributed by atoms with E-state index in [0.717, 1.165) is 25.1 Å². The zero-order chi connectivity index (χ0) is 14.7. The lowest BCUT2D eigenvalue weighted by atomic mass is 9.89. The summed E-state index contributed by atoms with van der Waals surface area (Å²) < 4.78 is 7.92. The monoisotopic (exact) mass is 286 g/mol. The summed E-state index contributed by atoms with van der Waals surface area (Å²) in [6, 6.07) is 8.46. The van der Waals surface area contributed by atoms with E-state index in [4.69, 9.17) is 4.74 Å². The predicted octanol–water partition coefficient (Wildman–Crippen LogP) is 2.65. The van der Waals surface area contributed by atoms with Crippen LogP contribution < -0.4 is 0 Å². The normalized spacial score (nSPS) is 19.2. The van der Waals surface area contributed by atoms with Crippen molar-refractivity contribution in [1.82, 2.24) is 9.55 Å². The standard InChI is InChI=1S/C17H22N2O2/c1-13-18-9-10-19(13)11-15(20)12-21-17-8-4-6-14-5-2-3-7-16(14)17/h2-3,5,7,9-10,15,17,20H,4,6,8,11-12H2,1H3/t15-,17+/m0/s1. The number of imidazole rings is 1. The molecule has 21 heavy (non-hydrogen) atoms. The molecule has 0 radical (unpaired) electrons. The molecule has 4 heteroatoms. The fraction of sp³-hybridized carbons (Fsp3) is 0.471. The van der Waals surface area contributed by atoms with Crippen molar-refractivity contribution in [3.63, 3.8) is 0 Å². The number of fused-ring (bicyclic) bond motifs is 1. The van der Waals surface area contributed by atoms with Gasteiger partial charge in [-0.1, -0.05) is 24.3 Å². The van der Waals surface area contributed by atoms with E-state index < -0.39 is 6.10 Å². The Kier molecular flexibility index (Phi) is 4.36. The van der Waals surface area contributed by atoms with Gasteiger partial charge in [-0.25, -0.2) is 4.98 Å². The Hall–Kier alpha value is -1.65. The molecule has 3 rings (SSSR count). The van der Waals surface area contributed by atoms with Crippen LogP contribution in [0, 0.1) is 6.92 Å². The van der Waals surface area contributed by atoms with Crippen molar-refractivity contribution in [3.8, 4) is 0 Å². The van der Waals surface area contributed by atoms with Crippen molar-refractivity contribution in [2.75, 3.05) is 6.61 Å². The molecule has 4 nitrogen and oxygen atoms in total. The minimum Gasteiger partial charge on any atom is -0.389 e. The Labute approximate surface area is 125 Å². The Morgan fingerprint density at radius 3 is 3.10 bits per heavy atom. The number of hydrogen-bond donors (Lipinski definition) is 1. The third kappa shape index (κ3) is 3.34. The van der Waals surface area contributed by atoms with Crippen LogP contribution in [0.1, 0.15) is 35.9 Å². The van der Waals surface area contributed by atoms with Crippen LogP contribution in [-0.4, -0.2) is 27.4 Å². The summed E-state index contributed by atoms with van der Waals surface area (Å²) in [4.78, 5) is 4.16. The maximum Gasteiger partial charge on any atom is 0.105 e. The molecule has 1 aromatic carbocycles. The first-order valence-electron chi connectivity index (χ1n) is 7.59. The van der Waals surface area contributed by atoms with E-state index in [0.29, 0.717) is 13.2 Å². The van der Waals surface area contributed by atoms with E-state index in [-0.39, 0.29) is 6.10 Å². The second-order valence-electron chi connectivity index (χ2n) is 5.69. The van der Waals surface area contributed by atoms with Gasteiger partial charge in [0.2, 0.25) is 0 Å². The minimum absolute atomic E-state index is 0.119. The molecule has 0 saturated carbocycles. The Bertz CT molecular complexity index is 594. The van der Waals surface area contributed by atoms with E-state index in [2.05, 4.69) is 29.2 Å². The number of rotatable bonds is 5. The summed E-state index contributed by atoms with van der Waals surface area (Å²) >= 11 is 0. The number of ether oxygens (including phenoxy) is 1. The summed E-state index contributed by atoms with van der Waals surface area (Å²) in [5.41, 5.74) is 2.67. The van der Waals surface area contributed by atoms with Gasteiger partial charge in [-0.3, -0.25) is 0 Å². The number of benzene rings is 1. The zero-order valence-corrected chi connectivity index (χ0v) is 12.4. The van der Waals surface area contributed by atoms with Crippen LogP contribution in [0.5, 0.6) is 0 Å². The largest absolute Gasteiger partial charge is 0.389 e. The third-order valence-electron chi connectivity index (χ3n) is 4.14. The van der Waals surface area contributed by atoms with E-state index in [1.54, 1.807) is 6.20 Å². The fourth-order valence-corrected chi connectivity index (χ4v) is 2.99. The molecule has 1 aliphatic rings. The molecule has 2 atom stereocenters. The fourth-order valence-electron chi connectivity index (χ4n) is 2.99. The van der Waals surface area contributed by atoms with Crippen LogP contribution in [0.4, 0.5) is 0 Å². The summed E-state index contributed by atoms with van der Waals surface area (Å²) in [6.07, 6.45) is 6.56. The van der Waals surface area contributed by atoms with Gasteiger partial charge in [0.05, 0.1) is 25.4 Å². The molecule has 0 saturated heterocycles. The van der Waals surface area contributed by atoms with E-state index in [9.17, 15) is 5.11 Å². The molecule has 0 bridgehead atoms. The first kappa shape index (κ1) is 14.3. The van der Waals surface area contributed by atoms with Crippen molar-refractivity contribution >= 4 is 0 Å². The highest BCUT2D eigenvalue weighted by molar-refractivity contribution is 5.31. The van der Waals surface area contributed by atoms with Gasteiger partial charge < -0.3 is 14.4 Å². The molecule has 0 aliphatic heterocycles. The van der Waals surface area contributed by atoms with Crippen molar-refractivity contribution in [2.24, 2.45) is 0 Å². The molecular weight excluding hydrogens is 264 g/mol. The van der Waals surface area contributed by atoms with Gasteiger partial charge in [-0.15, -0.1) is 0 Å². The summed E-state index contributed by atoms with van der Waals surface area (Å²) in [5.74, 6) is 0.914. The molecule has 2 aromatic rings. The van der Waals surface area contributed by atoms with Crippen LogP contribution in [0.2, 0.25) is 0 Å². The van der Waals surface area contributed by atoms with Gasteiger partial charge in [-0.2, -0.15) is 0 Å². The van der Waals surface area contributed by atoms with Crippen LogP contribution >= 0.6 is 0 Å². The lowest BCUT2D eigenvalue weighted by molar-refractivity contribution is -0.0227. The first-order chi connectivity index (χ1) is 10.2. The van der Waals surface area contributed by atoms with E-state index in [1.807, 2.05) is 17.7 Å². The highest BCUT2D eigenvalue weighted by atomic mass is 16.5. The second-order valence-corrected chi connectivity index (χ2v) is 5.69. The number of aromatic nitrogens is 2. The van der Waals surface area contributed by atoms with E-state index >= 15 is 0 Å². The van der Waals surface area contributed by atoms with Gasteiger partial charge in [0, 0.05) is 12.4 Å². The molecular formula is C17H22N2O2. The number of nitrogens with zero attached hydrogens (tertiary/aromatic N) is 2. The van der Waals surface area contributed by atoms with Crippen LogP contribution in [0.15, 0.2) is 36.7 Å². The molecule has 1 N–H and O–H groups in total. The summed E-state index contributed by atoms with van der Waals surface area (Å²) in [7, 11) is 0. The zero-order valence-electron chi connectivity index (χ0n) is 12.4. The van der Waals surface area contributed by atoms with Crippen molar-refractivity contribution in [3.05, 3.63) is 53.6 Å². The molecule has 0 spiro atoms. The van der Waals surface area contributed by atoms with Crippen molar-refractivity contribution in [2.45, 2.75) is 44.9 Å². The average molecular weight is 286 g/mol. The molecule has 0 amide bonds. The summed E-state index contributed by atoms with van der Waals surface area (Å²) in [6.45, 7) is 2.82. The number of aliphatic hydroxyl groups is 1. The van der Waals surface area contributed by atoms with E-state index in [1.165, 1.54) is 11.1 Å². The minimum atomic E-state index is -0.507. The Morgan fingerprint density at radius 2 is 2.29 bits per heavy atom. The van der Waals surface area contributed by atoms with Gasteiger partial charge in [0.15, 0.2) is 0 Å². The van der Waals surface area contributed by atoms with Crippen molar-refractivity contribution < 1.29 is 9.84 Å². The van der Waals surface area contributed by atoms with Crippen LogP contribution in [0.3, 0.4) is 0 Å². The van der Waals surface area contributed by atoms with Gasteiger partial charge in [0.1, 0.15) is 5.82 Å². The topological polar surface area (TPSA) is 47.3 Å². The van der Waals surface area contributed by atoms with Crippen LogP contribution in [-0.2, 0) is 17.7 Å². The van der Waals surface area contributed by atoms with Crippen LogP contribution in [0.25, 0.3) is 0 Å². The maximum absolute atomic E-state index is 10.2. The molecule has 112 valence electrons. The predicted molar refractivity (Wildman–Crippen MR) is 81.0 cm³/mol.